The van der Waals surface area contributed by atoms with E-state index in [9.17, 15) is 8.42 Å². The fourth-order valence-corrected chi connectivity index (χ4v) is 2.71. The monoisotopic (exact) mass is 247 g/mol. The molecule has 0 spiro atoms. The Morgan fingerprint density at radius 1 is 1.40 bits per heavy atom. The molecule has 0 atom stereocenters. The number of alkyl halides is 1. The number of aryl methyl sites for hydroxylation is 1. The molecule has 0 radical (unpaired) electrons. The molecule has 0 unspecified atom stereocenters. The first-order valence-corrected chi connectivity index (χ1v) is 6.71. The minimum absolute atomic E-state index is 0.0427. The van der Waals surface area contributed by atoms with Crippen LogP contribution < -0.4 is 4.31 Å². The molecule has 0 aliphatic heterocycles. The van der Waals surface area contributed by atoms with Crippen LogP contribution >= 0.6 is 11.6 Å². The van der Waals surface area contributed by atoms with E-state index >= 15 is 0 Å². The van der Waals surface area contributed by atoms with E-state index in [-0.39, 0.29) is 11.6 Å². The van der Waals surface area contributed by atoms with Gasteiger partial charge in [0.1, 0.15) is 0 Å². The minimum Gasteiger partial charge on any atom is -0.273 e. The Bertz CT molecular complexity index is 431. The van der Waals surface area contributed by atoms with Crippen molar-refractivity contribution in [2.45, 2.75) is 6.92 Å². The Labute approximate surface area is 95.7 Å². The summed E-state index contributed by atoms with van der Waals surface area (Å²) in [5, 5.41) is 0. The average molecular weight is 248 g/mol. The summed E-state index contributed by atoms with van der Waals surface area (Å²) in [5.41, 5.74) is 1.69. The second-order valence-corrected chi connectivity index (χ2v) is 5.81. The molecular formula is C10H14ClNO2S. The van der Waals surface area contributed by atoms with Crippen LogP contribution in [0.25, 0.3) is 0 Å². The van der Waals surface area contributed by atoms with Crippen LogP contribution in [0.5, 0.6) is 0 Å². The van der Waals surface area contributed by atoms with Crippen molar-refractivity contribution < 1.29 is 8.42 Å². The Morgan fingerprint density at radius 3 is 2.60 bits per heavy atom. The van der Waals surface area contributed by atoms with Crippen molar-refractivity contribution in [2.75, 3.05) is 23.0 Å². The van der Waals surface area contributed by atoms with Crippen molar-refractivity contribution in [3.05, 3.63) is 29.8 Å². The highest BCUT2D eigenvalue weighted by molar-refractivity contribution is 7.92. The molecule has 0 aliphatic carbocycles. The van der Waals surface area contributed by atoms with Crippen molar-refractivity contribution >= 4 is 27.3 Å². The maximum absolute atomic E-state index is 11.7. The molecule has 1 rings (SSSR count). The van der Waals surface area contributed by atoms with Gasteiger partial charge in [0.15, 0.2) is 0 Å². The van der Waals surface area contributed by atoms with Gasteiger partial charge in [0.2, 0.25) is 10.0 Å². The highest BCUT2D eigenvalue weighted by Gasteiger charge is 2.17. The molecule has 0 saturated carbocycles. The van der Waals surface area contributed by atoms with E-state index in [2.05, 4.69) is 0 Å². The van der Waals surface area contributed by atoms with E-state index in [4.69, 9.17) is 11.6 Å². The second kappa shape index (κ2) is 4.86. The minimum atomic E-state index is -3.28. The molecule has 0 N–H and O–H groups in total. The Kier molecular flexibility index (Phi) is 3.99. The summed E-state index contributed by atoms with van der Waals surface area (Å²) in [6.45, 7) is 1.92. The van der Waals surface area contributed by atoms with Gasteiger partial charge in [-0.2, -0.15) is 0 Å². The van der Waals surface area contributed by atoms with Crippen molar-refractivity contribution in [1.29, 1.82) is 0 Å². The Balaban J connectivity index is 2.99. The van der Waals surface area contributed by atoms with Gasteiger partial charge in [-0.25, -0.2) is 8.42 Å². The van der Waals surface area contributed by atoms with Gasteiger partial charge in [-0.3, -0.25) is 4.31 Å². The van der Waals surface area contributed by atoms with E-state index in [0.717, 1.165) is 5.56 Å². The number of hydrogen-bond acceptors (Lipinski definition) is 2. The smallest absolute Gasteiger partial charge is 0.236 e. The van der Waals surface area contributed by atoms with Crippen LogP contribution in [0, 0.1) is 6.92 Å². The summed E-state index contributed by atoms with van der Waals surface area (Å²) in [5.74, 6) is 0.0670. The molecule has 84 valence electrons. The molecule has 0 aromatic heterocycles. The van der Waals surface area contributed by atoms with Gasteiger partial charge in [-0.15, -0.1) is 11.6 Å². The number of rotatable bonds is 4. The third-order valence-corrected chi connectivity index (χ3v) is 4.30. The molecule has 0 heterocycles. The predicted molar refractivity (Wildman–Crippen MR) is 64.1 cm³/mol. The maximum atomic E-state index is 11.7. The molecule has 0 fully saturated rings. The molecule has 3 nitrogen and oxygen atoms in total. The van der Waals surface area contributed by atoms with Crippen molar-refractivity contribution in [3.8, 4) is 0 Å². The molecule has 0 bridgehead atoms. The number of nitrogens with zero attached hydrogens (tertiary/aromatic N) is 1. The maximum Gasteiger partial charge on any atom is 0.236 e. The highest BCUT2D eigenvalue weighted by atomic mass is 35.5. The summed E-state index contributed by atoms with van der Waals surface area (Å²) in [6, 6.07) is 7.34. The molecule has 1 aromatic carbocycles. The van der Waals surface area contributed by atoms with Gasteiger partial charge >= 0.3 is 0 Å². The normalized spacial score (nSPS) is 11.4. The zero-order valence-electron chi connectivity index (χ0n) is 8.77. The second-order valence-electron chi connectivity index (χ2n) is 3.31. The number of benzene rings is 1. The van der Waals surface area contributed by atoms with Crippen LogP contribution in [-0.4, -0.2) is 27.1 Å². The molecule has 0 saturated heterocycles. The topological polar surface area (TPSA) is 37.4 Å². The van der Waals surface area contributed by atoms with Gasteiger partial charge in [0, 0.05) is 12.9 Å². The predicted octanol–water partition coefficient (Wildman–Crippen LogP) is 2.00. The first kappa shape index (κ1) is 12.3. The lowest BCUT2D eigenvalue weighted by atomic mass is 10.2. The standard InChI is InChI=1S/C10H14ClNO2S/c1-9-4-3-5-10(8-9)12(2)15(13,14)7-6-11/h3-5,8H,6-7H2,1-2H3. The van der Waals surface area contributed by atoms with Gasteiger partial charge < -0.3 is 0 Å². The summed E-state index contributed by atoms with van der Waals surface area (Å²) in [4.78, 5) is 0. The quantitative estimate of drug-likeness (QED) is 0.764. The highest BCUT2D eigenvalue weighted by Crippen LogP contribution is 2.17. The number of sulfonamides is 1. The third-order valence-electron chi connectivity index (χ3n) is 2.12. The third kappa shape index (κ3) is 3.11. The summed E-state index contributed by atoms with van der Waals surface area (Å²) >= 11 is 5.44. The summed E-state index contributed by atoms with van der Waals surface area (Å²) in [7, 11) is -1.74. The zero-order chi connectivity index (χ0) is 11.5. The van der Waals surface area contributed by atoms with Crippen LogP contribution in [0.3, 0.4) is 0 Å². The Morgan fingerprint density at radius 2 is 2.07 bits per heavy atom. The number of anilines is 1. The Hall–Kier alpha value is -0.740. The van der Waals surface area contributed by atoms with E-state index in [1.54, 1.807) is 6.07 Å². The summed E-state index contributed by atoms with van der Waals surface area (Å²) < 4.78 is 24.6. The van der Waals surface area contributed by atoms with Crippen molar-refractivity contribution in [3.63, 3.8) is 0 Å². The number of hydrogen-bond donors (Lipinski definition) is 0. The van der Waals surface area contributed by atoms with Crippen LogP contribution in [0.4, 0.5) is 5.69 Å². The zero-order valence-corrected chi connectivity index (χ0v) is 10.3. The fourth-order valence-electron chi connectivity index (χ4n) is 1.22. The molecule has 15 heavy (non-hydrogen) atoms. The van der Waals surface area contributed by atoms with Crippen LogP contribution in [0.1, 0.15) is 5.56 Å². The van der Waals surface area contributed by atoms with Gasteiger partial charge in [0.05, 0.1) is 11.4 Å². The molecule has 0 amide bonds. The van der Waals surface area contributed by atoms with Gasteiger partial charge in [-0.1, -0.05) is 12.1 Å². The summed E-state index contributed by atoms with van der Waals surface area (Å²) in [6.07, 6.45) is 0. The first-order chi connectivity index (χ1) is 6.97. The SMILES string of the molecule is Cc1cccc(N(C)S(=O)(=O)CCCl)c1. The molecule has 5 heteroatoms. The van der Waals surface area contributed by atoms with E-state index in [1.165, 1.54) is 11.4 Å². The lowest BCUT2D eigenvalue weighted by Gasteiger charge is -2.19. The van der Waals surface area contributed by atoms with Crippen molar-refractivity contribution in [2.24, 2.45) is 0 Å². The van der Waals surface area contributed by atoms with Crippen LogP contribution in [0.15, 0.2) is 24.3 Å². The largest absolute Gasteiger partial charge is 0.273 e. The molecular weight excluding hydrogens is 234 g/mol. The lowest BCUT2D eigenvalue weighted by Crippen LogP contribution is -2.29. The van der Waals surface area contributed by atoms with Crippen LogP contribution in [0.2, 0.25) is 0 Å². The molecule has 0 aliphatic rings. The van der Waals surface area contributed by atoms with Crippen molar-refractivity contribution in [1.82, 2.24) is 0 Å². The fraction of sp³-hybridized carbons (Fsp3) is 0.400. The average Bonchev–Trinajstić information content (AvgIpc) is 2.16. The van der Waals surface area contributed by atoms with Crippen LogP contribution in [-0.2, 0) is 10.0 Å². The first-order valence-electron chi connectivity index (χ1n) is 4.56. The van der Waals surface area contributed by atoms with E-state index < -0.39 is 10.0 Å². The van der Waals surface area contributed by atoms with E-state index in [0.29, 0.717) is 5.69 Å². The van der Waals surface area contributed by atoms with Gasteiger partial charge in [-0.05, 0) is 24.6 Å². The lowest BCUT2D eigenvalue weighted by molar-refractivity contribution is 0.596. The van der Waals surface area contributed by atoms with Gasteiger partial charge in [0.25, 0.3) is 0 Å². The van der Waals surface area contributed by atoms with E-state index in [1.807, 2.05) is 25.1 Å². The number of halogens is 1. The molecule has 1 aromatic rings.